The summed E-state index contributed by atoms with van der Waals surface area (Å²) < 4.78 is 0. The second-order valence-corrected chi connectivity index (χ2v) is 4.46. The Morgan fingerprint density at radius 3 is 2.53 bits per heavy atom. The first kappa shape index (κ1) is 11.7. The van der Waals surface area contributed by atoms with Crippen molar-refractivity contribution in [3.63, 3.8) is 0 Å². The second kappa shape index (κ2) is 4.40. The number of nitrogens with zero attached hydrogens (tertiary/aromatic N) is 1. The molecule has 0 amide bonds. The van der Waals surface area contributed by atoms with Gasteiger partial charge >= 0.3 is 5.69 Å². The summed E-state index contributed by atoms with van der Waals surface area (Å²) in [6.45, 7) is 0. The smallest absolute Gasteiger partial charge is 0.327 e. The topological polar surface area (TPSA) is 94.4 Å². The van der Waals surface area contributed by atoms with Crippen LogP contribution in [0.3, 0.4) is 0 Å². The molecule has 0 fully saturated rings. The molecule has 6 nitrogen and oxygen atoms in total. The third-order valence-electron chi connectivity index (χ3n) is 2.74. The lowest BCUT2D eigenvalue weighted by Gasteiger charge is -2.05. The van der Waals surface area contributed by atoms with Crippen LogP contribution in [0.4, 0.5) is 0 Å². The van der Waals surface area contributed by atoms with Crippen LogP contribution in [-0.4, -0.2) is 19.9 Å². The van der Waals surface area contributed by atoms with E-state index in [1.807, 2.05) is 30.3 Å². The molecular formula is C12H9ClN4O2. The monoisotopic (exact) mass is 276 g/mol. The highest BCUT2D eigenvalue weighted by molar-refractivity contribution is 6.22. The lowest BCUT2D eigenvalue weighted by molar-refractivity contribution is 0.999. The molecule has 0 saturated heterocycles. The summed E-state index contributed by atoms with van der Waals surface area (Å²) in [5.74, 6) is 0.412. The Labute approximate surface area is 111 Å². The third-order valence-corrected chi connectivity index (χ3v) is 3.20. The number of aromatic amines is 3. The Kier molecular flexibility index (Phi) is 2.72. The van der Waals surface area contributed by atoms with Crippen molar-refractivity contribution in [2.75, 3.05) is 0 Å². The van der Waals surface area contributed by atoms with Gasteiger partial charge in [0.2, 0.25) is 0 Å². The summed E-state index contributed by atoms with van der Waals surface area (Å²) in [5, 5.41) is -0.517. The van der Waals surface area contributed by atoms with Crippen LogP contribution in [-0.2, 0) is 0 Å². The molecule has 1 atom stereocenters. The summed E-state index contributed by atoms with van der Waals surface area (Å²) >= 11 is 6.30. The quantitative estimate of drug-likeness (QED) is 0.615. The van der Waals surface area contributed by atoms with Gasteiger partial charge in [0.05, 0.1) is 0 Å². The summed E-state index contributed by atoms with van der Waals surface area (Å²) in [6.07, 6.45) is 0. The van der Waals surface area contributed by atoms with Gasteiger partial charge in [-0.05, 0) is 5.56 Å². The zero-order chi connectivity index (χ0) is 13.4. The van der Waals surface area contributed by atoms with E-state index in [1.54, 1.807) is 0 Å². The maximum atomic E-state index is 11.6. The van der Waals surface area contributed by atoms with Crippen molar-refractivity contribution in [3.05, 3.63) is 62.6 Å². The SMILES string of the molecule is O=c1[nH]c(=O)c2[nH]c(C(Cl)c3ccccc3)nc2[nH]1. The molecule has 1 aromatic carbocycles. The highest BCUT2D eigenvalue weighted by Gasteiger charge is 2.16. The molecule has 3 rings (SSSR count). The number of fused-ring (bicyclic) bond motifs is 1. The number of H-pyrrole nitrogens is 3. The van der Waals surface area contributed by atoms with Crippen LogP contribution in [0, 0.1) is 0 Å². The van der Waals surface area contributed by atoms with E-state index in [1.165, 1.54) is 0 Å². The first-order valence-electron chi connectivity index (χ1n) is 5.56. The predicted octanol–water partition coefficient (Wildman–Crippen LogP) is 1.27. The molecule has 0 bridgehead atoms. The predicted molar refractivity (Wildman–Crippen MR) is 71.5 cm³/mol. The summed E-state index contributed by atoms with van der Waals surface area (Å²) in [5.41, 5.74) is 0.138. The molecule has 0 aliphatic carbocycles. The average molecular weight is 277 g/mol. The average Bonchev–Trinajstić information content (AvgIpc) is 2.83. The molecule has 0 aliphatic heterocycles. The number of halogens is 1. The fourth-order valence-corrected chi connectivity index (χ4v) is 2.10. The van der Waals surface area contributed by atoms with Gasteiger partial charge in [-0.15, -0.1) is 11.6 Å². The number of rotatable bonds is 2. The Hall–Kier alpha value is -2.34. The maximum Gasteiger partial charge on any atom is 0.327 e. The van der Waals surface area contributed by atoms with Gasteiger partial charge < -0.3 is 4.98 Å². The molecule has 2 aromatic heterocycles. The van der Waals surface area contributed by atoms with Gasteiger partial charge in [-0.1, -0.05) is 30.3 Å². The molecule has 0 aliphatic rings. The molecule has 0 radical (unpaired) electrons. The van der Waals surface area contributed by atoms with Gasteiger partial charge in [-0.3, -0.25) is 14.8 Å². The number of aromatic nitrogens is 4. The first-order valence-corrected chi connectivity index (χ1v) is 6.00. The fraction of sp³-hybridized carbons (Fsp3) is 0.0833. The summed E-state index contributed by atoms with van der Waals surface area (Å²) in [7, 11) is 0. The standard InChI is InChI=1S/C12H9ClN4O2/c13-7(6-4-2-1-3-5-6)9-14-8-10(15-9)16-12(19)17-11(8)18/h1-5,7H,(H3,14,15,16,17,18,19). The van der Waals surface area contributed by atoms with Crippen LogP contribution in [0.5, 0.6) is 0 Å². The summed E-state index contributed by atoms with van der Waals surface area (Å²) in [4.78, 5) is 34.3. The van der Waals surface area contributed by atoms with Crippen LogP contribution < -0.4 is 11.2 Å². The van der Waals surface area contributed by atoms with Gasteiger partial charge in [-0.25, -0.2) is 9.78 Å². The van der Waals surface area contributed by atoms with Crippen molar-refractivity contribution in [3.8, 4) is 0 Å². The molecule has 2 heterocycles. The highest BCUT2D eigenvalue weighted by atomic mass is 35.5. The van der Waals surface area contributed by atoms with Crippen LogP contribution in [0.25, 0.3) is 11.2 Å². The van der Waals surface area contributed by atoms with Gasteiger partial charge in [0, 0.05) is 0 Å². The molecule has 0 saturated carbocycles. The van der Waals surface area contributed by atoms with E-state index < -0.39 is 16.6 Å². The van der Waals surface area contributed by atoms with Crippen molar-refractivity contribution in [2.24, 2.45) is 0 Å². The Balaban J connectivity index is 2.14. The van der Waals surface area contributed by atoms with Crippen molar-refractivity contribution in [1.29, 1.82) is 0 Å². The number of nitrogens with one attached hydrogen (secondary N) is 3. The number of imidazole rings is 1. The van der Waals surface area contributed by atoms with Crippen LogP contribution in [0.1, 0.15) is 16.8 Å². The zero-order valence-electron chi connectivity index (χ0n) is 9.61. The van der Waals surface area contributed by atoms with Gasteiger partial charge in [0.25, 0.3) is 5.56 Å². The van der Waals surface area contributed by atoms with Gasteiger partial charge in [-0.2, -0.15) is 0 Å². The lowest BCUT2D eigenvalue weighted by atomic mass is 10.1. The normalized spacial score (nSPS) is 12.7. The van der Waals surface area contributed by atoms with Gasteiger partial charge in [0.1, 0.15) is 16.7 Å². The van der Waals surface area contributed by atoms with E-state index >= 15 is 0 Å². The maximum absolute atomic E-state index is 11.6. The molecule has 96 valence electrons. The molecule has 0 spiro atoms. The van der Waals surface area contributed by atoms with E-state index in [4.69, 9.17) is 11.6 Å². The Morgan fingerprint density at radius 2 is 1.79 bits per heavy atom. The van der Waals surface area contributed by atoms with Crippen molar-refractivity contribution < 1.29 is 0 Å². The van der Waals surface area contributed by atoms with E-state index in [-0.39, 0.29) is 11.2 Å². The van der Waals surface area contributed by atoms with Crippen molar-refractivity contribution in [1.82, 2.24) is 19.9 Å². The number of alkyl halides is 1. The number of benzene rings is 1. The minimum absolute atomic E-state index is 0.199. The van der Waals surface area contributed by atoms with Gasteiger partial charge in [0.15, 0.2) is 5.65 Å². The molecule has 3 aromatic rings. The van der Waals surface area contributed by atoms with Crippen LogP contribution >= 0.6 is 11.6 Å². The first-order chi connectivity index (χ1) is 9.15. The zero-order valence-corrected chi connectivity index (χ0v) is 10.4. The Bertz CT molecular complexity index is 834. The molecule has 19 heavy (non-hydrogen) atoms. The largest absolute Gasteiger partial charge is 0.335 e. The second-order valence-electron chi connectivity index (χ2n) is 4.03. The molecule has 7 heteroatoms. The van der Waals surface area contributed by atoms with Crippen LogP contribution in [0.2, 0.25) is 0 Å². The molecule has 1 unspecified atom stereocenters. The summed E-state index contributed by atoms with van der Waals surface area (Å²) in [6, 6.07) is 9.33. The minimum Gasteiger partial charge on any atom is -0.335 e. The number of hydrogen-bond acceptors (Lipinski definition) is 3. The molecular weight excluding hydrogens is 268 g/mol. The van der Waals surface area contributed by atoms with Crippen molar-refractivity contribution in [2.45, 2.75) is 5.38 Å². The van der Waals surface area contributed by atoms with E-state index in [0.29, 0.717) is 5.82 Å². The number of hydrogen-bond donors (Lipinski definition) is 3. The van der Waals surface area contributed by atoms with Crippen LogP contribution in [0.15, 0.2) is 39.9 Å². The third kappa shape index (κ3) is 2.06. The van der Waals surface area contributed by atoms with Crippen molar-refractivity contribution >= 4 is 22.8 Å². The fourth-order valence-electron chi connectivity index (χ4n) is 1.85. The van der Waals surface area contributed by atoms with E-state index in [2.05, 4.69) is 19.9 Å². The highest BCUT2D eigenvalue weighted by Crippen LogP contribution is 2.26. The van der Waals surface area contributed by atoms with E-state index in [0.717, 1.165) is 5.56 Å². The molecule has 3 N–H and O–H groups in total. The lowest BCUT2D eigenvalue weighted by Crippen LogP contribution is -2.21. The minimum atomic E-state index is -0.596. The van der Waals surface area contributed by atoms with E-state index in [9.17, 15) is 9.59 Å². The Morgan fingerprint density at radius 1 is 1.05 bits per heavy atom.